The third-order valence-corrected chi connectivity index (χ3v) is 11.5. The van der Waals surface area contributed by atoms with E-state index in [9.17, 15) is 0 Å². The first kappa shape index (κ1) is 33.1. The summed E-state index contributed by atoms with van der Waals surface area (Å²) in [6.07, 6.45) is 33.0. The van der Waals surface area contributed by atoms with E-state index in [0.717, 1.165) is 6.92 Å². The summed E-state index contributed by atoms with van der Waals surface area (Å²) in [5.74, 6) is -1.08. The van der Waals surface area contributed by atoms with Crippen LogP contribution < -0.4 is 5.11 Å². The molecule has 31 heavy (non-hydrogen) atoms. The number of carbonyl (C=O) groups is 1. The summed E-state index contributed by atoms with van der Waals surface area (Å²) in [7, 11) is -0.626. The van der Waals surface area contributed by atoms with Crippen LogP contribution in [0.3, 0.4) is 0 Å². The molecule has 0 amide bonds. The van der Waals surface area contributed by atoms with Gasteiger partial charge in [0.15, 0.2) is 0 Å². The number of hydrogen-bond acceptors (Lipinski definition) is 2. The standard InChI is InChI=1S/C26H56P.C2H4O2/c1-5-9-13-14-15-16-17-18-19-20-21-22-26-27(23-10-6-2,24-11-7-3)25-12-8-4;1-2(3)4/h5-26H2,1-4H3;1H3,(H,3,4)/q+1;/p-1. The van der Waals surface area contributed by atoms with Crippen molar-refractivity contribution in [1.29, 1.82) is 0 Å². The van der Waals surface area contributed by atoms with Crippen molar-refractivity contribution in [2.45, 2.75) is 150 Å². The van der Waals surface area contributed by atoms with Gasteiger partial charge in [-0.15, -0.1) is 0 Å². The van der Waals surface area contributed by atoms with Crippen LogP contribution >= 0.6 is 7.26 Å². The summed E-state index contributed by atoms with van der Waals surface area (Å²) in [5, 5.41) is 8.89. The first-order valence-electron chi connectivity index (χ1n) is 14.0. The second kappa shape index (κ2) is 26.2. The van der Waals surface area contributed by atoms with E-state index in [0.29, 0.717) is 0 Å². The largest absolute Gasteiger partial charge is 0.550 e. The zero-order valence-electron chi connectivity index (χ0n) is 22.3. The maximum Gasteiger partial charge on any atom is 0.0594 e. The lowest BCUT2D eigenvalue weighted by Crippen LogP contribution is -2.16. The Hall–Kier alpha value is -0.100. The van der Waals surface area contributed by atoms with Crippen LogP contribution in [0.1, 0.15) is 150 Å². The van der Waals surface area contributed by atoms with Gasteiger partial charge in [-0.25, -0.2) is 0 Å². The Kier molecular flexibility index (Phi) is 27.9. The number of carboxylic acids is 1. The quantitative estimate of drug-likeness (QED) is 0.120. The minimum absolute atomic E-state index is 0.626. The zero-order valence-corrected chi connectivity index (χ0v) is 23.2. The van der Waals surface area contributed by atoms with Crippen molar-refractivity contribution < 1.29 is 9.90 Å². The lowest BCUT2D eigenvalue weighted by Gasteiger charge is -2.28. The average molecular weight is 459 g/mol. The fourth-order valence-corrected chi connectivity index (χ4v) is 9.64. The predicted molar refractivity (Wildman–Crippen MR) is 143 cm³/mol. The molecule has 0 bridgehead atoms. The Morgan fingerprint density at radius 3 is 1.00 bits per heavy atom. The summed E-state index contributed by atoms with van der Waals surface area (Å²) in [5.41, 5.74) is 0. The van der Waals surface area contributed by atoms with Gasteiger partial charge in [0, 0.05) is 13.2 Å². The topological polar surface area (TPSA) is 40.1 Å². The molecule has 3 heteroatoms. The molecule has 0 aliphatic rings. The van der Waals surface area contributed by atoms with Crippen molar-refractivity contribution in [3.63, 3.8) is 0 Å². The Bertz CT molecular complexity index is 331. The summed E-state index contributed by atoms with van der Waals surface area (Å²) >= 11 is 0. The number of carboxylic acid groups (broad SMARTS) is 1. The van der Waals surface area contributed by atoms with Crippen LogP contribution in [0.2, 0.25) is 0 Å². The van der Waals surface area contributed by atoms with E-state index in [4.69, 9.17) is 9.90 Å². The van der Waals surface area contributed by atoms with Gasteiger partial charge in [0.2, 0.25) is 0 Å². The maximum absolute atomic E-state index is 8.89. The van der Waals surface area contributed by atoms with E-state index in [-0.39, 0.29) is 0 Å². The predicted octanol–water partition coefficient (Wildman–Crippen LogP) is 8.86. The van der Waals surface area contributed by atoms with Gasteiger partial charge in [0.1, 0.15) is 0 Å². The van der Waals surface area contributed by atoms with Gasteiger partial charge in [0.25, 0.3) is 0 Å². The highest BCUT2D eigenvalue weighted by Gasteiger charge is 2.34. The molecule has 0 rings (SSSR count). The molecule has 0 radical (unpaired) electrons. The molecule has 0 aromatic carbocycles. The van der Waals surface area contributed by atoms with Gasteiger partial charge in [0.05, 0.1) is 24.6 Å². The number of unbranched alkanes of at least 4 members (excludes halogenated alkanes) is 14. The maximum atomic E-state index is 8.89. The summed E-state index contributed by atoms with van der Waals surface area (Å²) in [6.45, 7) is 10.4. The van der Waals surface area contributed by atoms with E-state index >= 15 is 0 Å². The highest BCUT2D eigenvalue weighted by Crippen LogP contribution is 2.61. The van der Waals surface area contributed by atoms with Crippen molar-refractivity contribution in [3.05, 3.63) is 0 Å². The molecular weight excluding hydrogens is 399 g/mol. The highest BCUT2D eigenvalue weighted by molar-refractivity contribution is 7.75. The first-order valence-corrected chi connectivity index (χ1v) is 16.5. The van der Waals surface area contributed by atoms with Gasteiger partial charge < -0.3 is 9.90 Å². The molecule has 0 atom stereocenters. The van der Waals surface area contributed by atoms with Gasteiger partial charge >= 0.3 is 0 Å². The van der Waals surface area contributed by atoms with Crippen LogP contribution in [0.4, 0.5) is 0 Å². The summed E-state index contributed by atoms with van der Waals surface area (Å²) < 4.78 is 0. The van der Waals surface area contributed by atoms with Crippen molar-refractivity contribution in [3.8, 4) is 0 Å². The molecule has 0 unspecified atom stereocenters. The van der Waals surface area contributed by atoms with Crippen LogP contribution in [0.5, 0.6) is 0 Å². The van der Waals surface area contributed by atoms with Gasteiger partial charge in [-0.3, -0.25) is 0 Å². The van der Waals surface area contributed by atoms with Crippen LogP contribution in [-0.4, -0.2) is 30.6 Å². The van der Waals surface area contributed by atoms with Gasteiger partial charge in [-0.05, 0) is 39.0 Å². The zero-order chi connectivity index (χ0) is 23.6. The van der Waals surface area contributed by atoms with E-state index < -0.39 is 13.2 Å². The molecule has 0 aromatic heterocycles. The molecule has 0 N–H and O–H groups in total. The lowest BCUT2D eigenvalue weighted by molar-refractivity contribution is -0.302. The number of rotatable bonds is 22. The Balaban J connectivity index is 0. The molecule has 0 aliphatic carbocycles. The van der Waals surface area contributed by atoms with Crippen LogP contribution in [0, 0.1) is 0 Å². The molecule has 0 spiro atoms. The number of hydrogen-bond donors (Lipinski definition) is 0. The van der Waals surface area contributed by atoms with Crippen molar-refractivity contribution in [1.82, 2.24) is 0 Å². The number of aliphatic carboxylic acids is 1. The Labute approximate surface area is 198 Å². The Morgan fingerprint density at radius 1 is 0.484 bits per heavy atom. The van der Waals surface area contributed by atoms with Crippen LogP contribution in [0.25, 0.3) is 0 Å². The van der Waals surface area contributed by atoms with Crippen molar-refractivity contribution >= 4 is 13.2 Å². The van der Waals surface area contributed by atoms with Gasteiger partial charge in [-0.1, -0.05) is 111 Å². The van der Waals surface area contributed by atoms with Crippen LogP contribution in [-0.2, 0) is 4.79 Å². The molecule has 0 aromatic rings. The Morgan fingerprint density at radius 2 is 0.710 bits per heavy atom. The van der Waals surface area contributed by atoms with Crippen LogP contribution in [0.15, 0.2) is 0 Å². The van der Waals surface area contributed by atoms with Gasteiger partial charge in [-0.2, -0.15) is 0 Å². The molecule has 188 valence electrons. The molecule has 0 fully saturated rings. The second-order valence-electron chi connectivity index (χ2n) is 9.68. The van der Waals surface area contributed by atoms with Crippen molar-refractivity contribution in [2.24, 2.45) is 0 Å². The molecular formula is C28H59O2P. The molecule has 0 saturated heterocycles. The fourth-order valence-electron chi connectivity index (χ4n) is 4.44. The smallest absolute Gasteiger partial charge is 0.0594 e. The third kappa shape index (κ3) is 26.0. The third-order valence-electron chi connectivity index (χ3n) is 6.44. The molecule has 0 aliphatic heterocycles. The normalized spacial score (nSPS) is 11.3. The fraction of sp³-hybridized carbons (Fsp3) is 0.964. The summed E-state index contributed by atoms with van der Waals surface area (Å²) in [6, 6.07) is 0. The first-order chi connectivity index (χ1) is 15.0. The minimum atomic E-state index is -1.08. The van der Waals surface area contributed by atoms with E-state index in [1.807, 2.05) is 0 Å². The van der Waals surface area contributed by atoms with Crippen molar-refractivity contribution in [2.75, 3.05) is 24.6 Å². The molecule has 2 nitrogen and oxygen atoms in total. The second-order valence-corrected chi connectivity index (χ2v) is 14.1. The summed E-state index contributed by atoms with van der Waals surface area (Å²) in [4.78, 5) is 8.89. The SMILES string of the molecule is CC(=O)[O-].CCCCCCCCCCCCCC[P+](CCCC)(CCCC)CCCC. The minimum Gasteiger partial charge on any atom is -0.550 e. The molecule has 0 heterocycles. The van der Waals surface area contributed by atoms with E-state index in [1.165, 1.54) is 109 Å². The average Bonchev–Trinajstić information content (AvgIpc) is 2.74. The van der Waals surface area contributed by atoms with E-state index in [2.05, 4.69) is 27.7 Å². The lowest BCUT2D eigenvalue weighted by atomic mass is 10.1. The number of carbonyl (C=O) groups excluding carboxylic acids is 1. The monoisotopic (exact) mass is 458 g/mol. The molecule has 0 saturated carbocycles. The van der Waals surface area contributed by atoms with E-state index in [1.54, 1.807) is 31.1 Å². The highest BCUT2D eigenvalue weighted by atomic mass is 31.2.